The largest absolute Gasteiger partial charge is 0.395 e. The summed E-state index contributed by atoms with van der Waals surface area (Å²) in [6.07, 6.45) is 6.35. The van der Waals surface area contributed by atoms with E-state index in [1.807, 2.05) is 12.3 Å². The van der Waals surface area contributed by atoms with Gasteiger partial charge in [-0.05, 0) is 30.4 Å². The number of methoxy groups -OCH3 is 1. The number of aryl methyl sites for hydroxylation is 2. The molecule has 0 unspecified atom stereocenters. The molecule has 8 nitrogen and oxygen atoms in total. The third kappa shape index (κ3) is 3.71. The van der Waals surface area contributed by atoms with Crippen LogP contribution in [0.4, 0.5) is 0 Å². The quantitative estimate of drug-likeness (QED) is 0.672. The molecule has 0 saturated carbocycles. The molecule has 2 aromatic heterocycles. The Kier molecular flexibility index (Phi) is 5.87. The molecule has 3 aromatic rings. The van der Waals surface area contributed by atoms with Crippen LogP contribution in [0.25, 0.3) is 17.2 Å². The molecule has 0 fully saturated rings. The molecule has 1 aromatic carbocycles. The molecule has 0 saturated heterocycles. The monoisotopic (exact) mass is 407 g/mol. The molecule has 1 aliphatic rings. The molecule has 0 spiro atoms. The van der Waals surface area contributed by atoms with Crippen LogP contribution >= 0.6 is 0 Å². The summed E-state index contributed by atoms with van der Waals surface area (Å²) in [5.74, 6) is 0.170. The summed E-state index contributed by atoms with van der Waals surface area (Å²) in [6.45, 7) is 0.316. The second-order valence-electron chi connectivity index (χ2n) is 7.35. The van der Waals surface area contributed by atoms with E-state index in [4.69, 9.17) is 14.8 Å². The molecule has 0 bridgehead atoms. The van der Waals surface area contributed by atoms with Crippen molar-refractivity contribution in [2.24, 2.45) is 0 Å². The van der Waals surface area contributed by atoms with Crippen molar-refractivity contribution in [2.75, 3.05) is 27.3 Å². The normalized spacial score (nSPS) is 12.8. The highest BCUT2D eigenvalue weighted by Gasteiger charge is 2.23. The fourth-order valence-electron chi connectivity index (χ4n) is 3.81. The first kappa shape index (κ1) is 20.2. The zero-order valence-electron chi connectivity index (χ0n) is 17.2. The summed E-state index contributed by atoms with van der Waals surface area (Å²) in [4.78, 5) is 23.6. The maximum atomic E-state index is 12.8. The Hall–Kier alpha value is -3.10. The number of aliphatic hydroxyl groups is 1. The topological polar surface area (TPSA) is 93.4 Å². The van der Waals surface area contributed by atoms with Crippen LogP contribution in [0.5, 0.6) is 0 Å². The van der Waals surface area contributed by atoms with Crippen molar-refractivity contribution >= 4 is 5.91 Å². The van der Waals surface area contributed by atoms with E-state index in [0.29, 0.717) is 17.2 Å². The first-order valence-corrected chi connectivity index (χ1v) is 10.0. The van der Waals surface area contributed by atoms with Gasteiger partial charge in [-0.15, -0.1) is 0 Å². The number of amides is 1. The molecular weight excluding hydrogens is 382 g/mol. The number of benzene rings is 1. The van der Waals surface area contributed by atoms with Crippen molar-refractivity contribution < 1.29 is 14.6 Å². The zero-order valence-corrected chi connectivity index (χ0v) is 17.2. The van der Waals surface area contributed by atoms with Gasteiger partial charge in [-0.3, -0.25) is 4.79 Å². The lowest BCUT2D eigenvalue weighted by Crippen LogP contribution is -2.30. The highest BCUT2D eigenvalue weighted by Crippen LogP contribution is 2.31. The predicted octanol–water partition coefficient (Wildman–Crippen LogP) is 2.03. The third-order valence-electron chi connectivity index (χ3n) is 5.37. The highest BCUT2D eigenvalue weighted by molar-refractivity contribution is 5.95. The molecule has 1 aliphatic carbocycles. The minimum Gasteiger partial charge on any atom is -0.395 e. The lowest BCUT2D eigenvalue weighted by Gasteiger charge is -2.16. The van der Waals surface area contributed by atoms with Gasteiger partial charge >= 0.3 is 0 Å². The van der Waals surface area contributed by atoms with Crippen molar-refractivity contribution in [1.29, 1.82) is 0 Å². The number of ether oxygens (including phenoxy) is 1. The highest BCUT2D eigenvalue weighted by atomic mass is 16.5. The number of fused-ring (bicyclic) bond motifs is 3. The number of nitrogens with zero attached hydrogens (tertiary/aromatic N) is 5. The smallest absolute Gasteiger partial charge is 0.257 e. The van der Waals surface area contributed by atoms with Crippen LogP contribution in [-0.4, -0.2) is 63.0 Å². The second-order valence-corrected chi connectivity index (χ2v) is 7.35. The number of aliphatic hydroxyl groups excluding tert-OH is 1. The lowest BCUT2D eigenvalue weighted by atomic mass is 10.0. The first-order valence-electron chi connectivity index (χ1n) is 10.0. The second kappa shape index (κ2) is 8.73. The number of hydrogen-bond donors (Lipinski definition) is 1. The average Bonchev–Trinajstić information content (AvgIpc) is 3.08. The molecule has 1 amide bonds. The van der Waals surface area contributed by atoms with Crippen LogP contribution in [0.3, 0.4) is 0 Å². The molecule has 1 N–H and O–H groups in total. The van der Waals surface area contributed by atoms with Crippen LogP contribution < -0.4 is 0 Å². The third-order valence-corrected chi connectivity index (χ3v) is 5.37. The SMILES string of the molecule is COCc1c(C(=O)N(C)CCO)cnn1-c1ncc2c(n1)-c1ccccc1CCC2. The summed E-state index contributed by atoms with van der Waals surface area (Å²) >= 11 is 0. The van der Waals surface area contributed by atoms with Gasteiger partial charge in [0.05, 0.1) is 36.4 Å². The van der Waals surface area contributed by atoms with E-state index in [2.05, 4.69) is 28.3 Å². The Balaban J connectivity index is 1.79. The fourth-order valence-corrected chi connectivity index (χ4v) is 3.81. The molecule has 30 heavy (non-hydrogen) atoms. The van der Waals surface area contributed by atoms with Crippen LogP contribution in [0.1, 0.15) is 33.6 Å². The van der Waals surface area contributed by atoms with E-state index in [1.165, 1.54) is 16.7 Å². The summed E-state index contributed by atoms with van der Waals surface area (Å²) in [5.41, 5.74) is 5.41. The van der Waals surface area contributed by atoms with Crippen LogP contribution in [-0.2, 0) is 24.2 Å². The fraction of sp³-hybridized carbons (Fsp3) is 0.364. The first-order chi connectivity index (χ1) is 14.6. The van der Waals surface area contributed by atoms with Crippen molar-refractivity contribution in [3.63, 3.8) is 0 Å². The van der Waals surface area contributed by atoms with Gasteiger partial charge in [-0.2, -0.15) is 9.78 Å². The van der Waals surface area contributed by atoms with E-state index >= 15 is 0 Å². The number of carbonyl (C=O) groups excluding carboxylic acids is 1. The Morgan fingerprint density at radius 3 is 2.83 bits per heavy atom. The van der Waals surface area contributed by atoms with Gasteiger partial charge in [0.2, 0.25) is 0 Å². The molecule has 4 rings (SSSR count). The summed E-state index contributed by atoms with van der Waals surface area (Å²) in [5, 5.41) is 13.5. The van der Waals surface area contributed by atoms with Crippen molar-refractivity contribution in [3.8, 4) is 17.2 Å². The minimum absolute atomic E-state index is 0.108. The van der Waals surface area contributed by atoms with Gasteiger partial charge in [0.15, 0.2) is 0 Å². The van der Waals surface area contributed by atoms with Crippen molar-refractivity contribution in [3.05, 3.63) is 59.0 Å². The average molecular weight is 407 g/mol. The predicted molar refractivity (Wildman–Crippen MR) is 111 cm³/mol. The van der Waals surface area contributed by atoms with Gasteiger partial charge in [-0.1, -0.05) is 24.3 Å². The van der Waals surface area contributed by atoms with Gasteiger partial charge in [0.25, 0.3) is 11.9 Å². The Labute approximate surface area is 175 Å². The van der Waals surface area contributed by atoms with E-state index in [-0.39, 0.29) is 25.7 Å². The van der Waals surface area contributed by atoms with Crippen LogP contribution in [0.2, 0.25) is 0 Å². The summed E-state index contributed by atoms with van der Waals surface area (Å²) < 4.78 is 6.90. The Morgan fingerprint density at radius 2 is 2.03 bits per heavy atom. The molecular formula is C22H25N5O3. The lowest BCUT2D eigenvalue weighted by molar-refractivity contribution is 0.0761. The molecule has 0 atom stereocenters. The zero-order chi connectivity index (χ0) is 21.1. The molecule has 2 heterocycles. The standard InChI is InChI=1S/C22H25N5O3/c1-26(10-11-28)21(29)18-13-24-27(19(18)14-30-2)22-23-12-16-8-5-7-15-6-3-4-9-17(15)20(16)25-22/h3-4,6,9,12-13,28H,5,7-8,10-11,14H2,1-2H3. The molecule has 156 valence electrons. The minimum atomic E-state index is -0.234. The number of aromatic nitrogens is 4. The maximum Gasteiger partial charge on any atom is 0.257 e. The molecule has 0 radical (unpaired) electrons. The summed E-state index contributed by atoms with van der Waals surface area (Å²) in [7, 11) is 3.21. The number of carbonyl (C=O) groups is 1. The molecule has 8 heteroatoms. The number of rotatable bonds is 6. The number of likely N-dealkylation sites (N-methyl/N-ethyl adjacent to an activating group) is 1. The van der Waals surface area contributed by atoms with Gasteiger partial charge in [0, 0.05) is 32.5 Å². The van der Waals surface area contributed by atoms with E-state index in [0.717, 1.165) is 36.1 Å². The Bertz CT molecular complexity index is 1060. The number of hydrogen-bond acceptors (Lipinski definition) is 6. The molecule has 0 aliphatic heterocycles. The van der Waals surface area contributed by atoms with Gasteiger partial charge in [-0.25, -0.2) is 9.97 Å². The Morgan fingerprint density at radius 1 is 1.23 bits per heavy atom. The van der Waals surface area contributed by atoms with Crippen LogP contribution in [0, 0.1) is 0 Å². The maximum absolute atomic E-state index is 12.8. The van der Waals surface area contributed by atoms with E-state index in [9.17, 15) is 4.79 Å². The van der Waals surface area contributed by atoms with Gasteiger partial charge in [0.1, 0.15) is 0 Å². The van der Waals surface area contributed by atoms with E-state index in [1.54, 1.807) is 18.8 Å². The van der Waals surface area contributed by atoms with E-state index < -0.39 is 0 Å². The van der Waals surface area contributed by atoms with Crippen molar-refractivity contribution in [1.82, 2.24) is 24.6 Å². The van der Waals surface area contributed by atoms with Gasteiger partial charge < -0.3 is 14.7 Å². The van der Waals surface area contributed by atoms with Crippen molar-refractivity contribution in [2.45, 2.75) is 25.9 Å². The van der Waals surface area contributed by atoms with Crippen LogP contribution in [0.15, 0.2) is 36.7 Å². The summed E-state index contributed by atoms with van der Waals surface area (Å²) in [6, 6.07) is 8.31.